The fraction of sp³-hybridized carbons (Fsp3) is 0.182. The van der Waals surface area contributed by atoms with Crippen molar-refractivity contribution in [1.29, 1.82) is 0 Å². The molecule has 0 spiro atoms. The van der Waals surface area contributed by atoms with Crippen LogP contribution in [0.5, 0.6) is 0 Å². The molecule has 0 saturated heterocycles. The van der Waals surface area contributed by atoms with E-state index in [9.17, 15) is 0 Å². The van der Waals surface area contributed by atoms with Gasteiger partial charge in [0.05, 0.1) is 11.9 Å². The van der Waals surface area contributed by atoms with Gasteiger partial charge in [-0.05, 0) is 12.1 Å². The average Bonchev–Trinajstić information content (AvgIpc) is 2.33. The van der Waals surface area contributed by atoms with E-state index in [2.05, 4.69) is 20.3 Å². The van der Waals surface area contributed by atoms with Crippen molar-refractivity contribution in [2.24, 2.45) is 0 Å². The van der Waals surface area contributed by atoms with Crippen LogP contribution in [0, 0.1) is 0 Å². The van der Waals surface area contributed by atoms with Crippen molar-refractivity contribution in [2.75, 3.05) is 30.0 Å². The van der Waals surface area contributed by atoms with Crippen LogP contribution in [-0.4, -0.2) is 29.0 Å². The van der Waals surface area contributed by atoms with E-state index in [-0.39, 0.29) is 0 Å². The summed E-state index contributed by atoms with van der Waals surface area (Å²) in [5, 5.41) is 3.10. The van der Waals surface area contributed by atoms with Gasteiger partial charge in [-0.15, -0.1) is 0 Å². The molecule has 88 valence electrons. The second-order valence-corrected chi connectivity index (χ2v) is 3.72. The van der Waals surface area contributed by atoms with Gasteiger partial charge in [0.15, 0.2) is 11.6 Å². The molecule has 0 atom stereocenters. The van der Waals surface area contributed by atoms with Crippen molar-refractivity contribution in [3.63, 3.8) is 0 Å². The van der Waals surface area contributed by atoms with Crippen LogP contribution in [0.1, 0.15) is 0 Å². The molecule has 0 aliphatic carbocycles. The van der Waals surface area contributed by atoms with Gasteiger partial charge in [0.25, 0.3) is 0 Å². The highest BCUT2D eigenvalue weighted by Crippen LogP contribution is 2.26. The number of aromatic nitrogens is 3. The highest BCUT2D eigenvalue weighted by atomic mass is 15.2. The Labute approximate surface area is 99.5 Å². The molecule has 0 saturated carbocycles. The van der Waals surface area contributed by atoms with Crippen molar-refractivity contribution in [2.45, 2.75) is 0 Å². The number of rotatable bonds is 3. The summed E-state index contributed by atoms with van der Waals surface area (Å²) < 4.78 is 0. The van der Waals surface area contributed by atoms with E-state index >= 15 is 0 Å². The normalized spacial score (nSPS) is 10.0. The summed E-state index contributed by atoms with van der Waals surface area (Å²) in [7, 11) is 3.76. The summed E-state index contributed by atoms with van der Waals surface area (Å²) in [5.41, 5.74) is 7.33. The minimum Gasteiger partial charge on any atom is -0.393 e. The summed E-state index contributed by atoms with van der Waals surface area (Å²) in [6.07, 6.45) is 4.89. The van der Waals surface area contributed by atoms with Gasteiger partial charge in [-0.3, -0.25) is 4.98 Å². The van der Waals surface area contributed by atoms with E-state index < -0.39 is 0 Å². The maximum atomic E-state index is 5.98. The molecule has 2 aromatic heterocycles. The van der Waals surface area contributed by atoms with Crippen molar-refractivity contribution in [3.8, 4) is 0 Å². The Hall–Kier alpha value is -2.37. The van der Waals surface area contributed by atoms with E-state index in [0.717, 1.165) is 5.69 Å². The number of nitrogen functional groups attached to an aromatic ring is 1. The fourth-order valence-corrected chi connectivity index (χ4v) is 1.42. The number of pyridine rings is 1. The standard InChI is InChI=1S/C11H14N6/c1-17(2)11-9(12)10(14-7-15-11)16-8-4-3-5-13-6-8/h3-7H,12H2,1-2H3,(H,14,15,16). The molecule has 17 heavy (non-hydrogen) atoms. The third kappa shape index (κ3) is 2.41. The van der Waals surface area contributed by atoms with Crippen LogP contribution in [-0.2, 0) is 0 Å². The Balaban J connectivity index is 2.31. The SMILES string of the molecule is CN(C)c1ncnc(Nc2cccnc2)c1N. The van der Waals surface area contributed by atoms with Gasteiger partial charge in [0, 0.05) is 20.3 Å². The van der Waals surface area contributed by atoms with Crippen molar-refractivity contribution in [3.05, 3.63) is 30.9 Å². The number of nitrogens with zero attached hydrogens (tertiary/aromatic N) is 4. The molecule has 0 amide bonds. The molecule has 2 rings (SSSR count). The zero-order chi connectivity index (χ0) is 12.3. The molecule has 0 fully saturated rings. The molecule has 0 aliphatic heterocycles. The smallest absolute Gasteiger partial charge is 0.159 e. The first kappa shape index (κ1) is 11.1. The molecule has 2 aromatic rings. The summed E-state index contributed by atoms with van der Waals surface area (Å²) in [5.74, 6) is 1.27. The first-order valence-electron chi connectivity index (χ1n) is 5.13. The van der Waals surface area contributed by atoms with Crippen LogP contribution in [0.15, 0.2) is 30.9 Å². The minimum atomic E-state index is 0.515. The monoisotopic (exact) mass is 230 g/mol. The van der Waals surface area contributed by atoms with Crippen LogP contribution < -0.4 is 16.0 Å². The maximum Gasteiger partial charge on any atom is 0.159 e. The van der Waals surface area contributed by atoms with Crippen molar-refractivity contribution < 1.29 is 0 Å². The van der Waals surface area contributed by atoms with E-state index in [1.807, 2.05) is 31.1 Å². The zero-order valence-corrected chi connectivity index (χ0v) is 9.75. The molecule has 6 heteroatoms. The lowest BCUT2D eigenvalue weighted by molar-refractivity contribution is 1.04. The summed E-state index contributed by atoms with van der Waals surface area (Å²) >= 11 is 0. The molecule has 3 N–H and O–H groups in total. The Kier molecular flexibility index (Phi) is 3.04. The Morgan fingerprint density at radius 1 is 1.29 bits per heavy atom. The Morgan fingerprint density at radius 3 is 2.76 bits per heavy atom. The van der Waals surface area contributed by atoms with E-state index in [1.165, 1.54) is 6.33 Å². The van der Waals surface area contributed by atoms with Crippen molar-refractivity contribution >= 4 is 23.0 Å². The van der Waals surface area contributed by atoms with Crippen LogP contribution in [0.25, 0.3) is 0 Å². The molecular weight excluding hydrogens is 216 g/mol. The van der Waals surface area contributed by atoms with E-state index in [0.29, 0.717) is 17.3 Å². The van der Waals surface area contributed by atoms with Crippen LogP contribution in [0.4, 0.5) is 23.0 Å². The molecular formula is C11H14N6. The number of nitrogens with one attached hydrogen (secondary N) is 1. The molecule has 0 aromatic carbocycles. The minimum absolute atomic E-state index is 0.515. The third-order valence-electron chi connectivity index (χ3n) is 2.21. The van der Waals surface area contributed by atoms with Gasteiger partial charge in [-0.25, -0.2) is 9.97 Å². The molecule has 0 radical (unpaired) electrons. The van der Waals surface area contributed by atoms with Crippen LogP contribution >= 0.6 is 0 Å². The molecule has 0 unspecified atom stereocenters. The van der Waals surface area contributed by atoms with Gasteiger partial charge in [-0.1, -0.05) is 0 Å². The average molecular weight is 230 g/mol. The molecule has 0 aliphatic rings. The van der Waals surface area contributed by atoms with Gasteiger partial charge < -0.3 is 16.0 Å². The lowest BCUT2D eigenvalue weighted by Crippen LogP contribution is -2.14. The number of hydrogen-bond acceptors (Lipinski definition) is 6. The Bertz CT molecular complexity index is 497. The second-order valence-electron chi connectivity index (χ2n) is 3.72. The van der Waals surface area contributed by atoms with Gasteiger partial charge in [0.2, 0.25) is 0 Å². The first-order chi connectivity index (χ1) is 8.18. The van der Waals surface area contributed by atoms with Gasteiger partial charge >= 0.3 is 0 Å². The van der Waals surface area contributed by atoms with Crippen LogP contribution in [0.3, 0.4) is 0 Å². The number of nitrogens with two attached hydrogens (primary N) is 1. The molecule has 0 bridgehead atoms. The lowest BCUT2D eigenvalue weighted by Gasteiger charge is -2.15. The summed E-state index contributed by atoms with van der Waals surface area (Å²) in [4.78, 5) is 14.1. The van der Waals surface area contributed by atoms with Crippen molar-refractivity contribution in [1.82, 2.24) is 15.0 Å². The summed E-state index contributed by atoms with van der Waals surface area (Å²) in [6.45, 7) is 0. The van der Waals surface area contributed by atoms with Gasteiger partial charge in [-0.2, -0.15) is 0 Å². The predicted octanol–water partition coefficient (Wildman–Crippen LogP) is 1.26. The van der Waals surface area contributed by atoms with E-state index in [4.69, 9.17) is 5.73 Å². The largest absolute Gasteiger partial charge is 0.393 e. The highest BCUT2D eigenvalue weighted by Gasteiger charge is 2.09. The topological polar surface area (TPSA) is 80.0 Å². The first-order valence-corrected chi connectivity index (χ1v) is 5.13. The molecule has 2 heterocycles. The quantitative estimate of drug-likeness (QED) is 0.826. The summed E-state index contributed by atoms with van der Waals surface area (Å²) in [6, 6.07) is 3.73. The second kappa shape index (κ2) is 4.65. The van der Waals surface area contributed by atoms with Gasteiger partial charge in [0.1, 0.15) is 12.0 Å². The highest BCUT2D eigenvalue weighted by molar-refractivity contribution is 5.77. The van der Waals surface area contributed by atoms with Crippen LogP contribution in [0.2, 0.25) is 0 Å². The predicted molar refractivity (Wildman–Crippen MR) is 68.3 cm³/mol. The fourth-order valence-electron chi connectivity index (χ4n) is 1.42. The zero-order valence-electron chi connectivity index (χ0n) is 9.75. The lowest BCUT2D eigenvalue weighted by atomic mass is 10.3. The number of anilines is 4. The maximum absolute atomic E-state index is 5.98. The number of hydrogen-bond donors (Lipinski definition) is 2. The molecule has 6 nitrogen and oxygen atoms in total. The Morgan fingerprint density at radius 2 is 2.12 bits per heavy atom. The third-order valence-corrected chi connectivity index (χ3v) is 2.21. The van der Waals surface area contributed by atoms with E-state index in [1.54, 1.807) is 12.4 Å².